The summed E-state index contributed by atoms with van der Waals surface area (Å²) in [7, 11) is 2.16. The van der Waals surface area contributed by atoms with Gasteiger partial charge in [-0.1, -0.05) is 29.8 Å². The molecule has 6 heteroatoms. The van der Waals surface area contributed by atoms with E-state index in [2.05, 4.69) is 29.4 Å². The third-order valence-corrected chi connectivity index (χ3v) is 6.48. The molecule has 154 valence electrons. The van der Waals surface area contributed by atoms with Crippen molar-refractivity contribution in [3.05, 3.63) is 87.3 Å². The van der Waals surface area contributed by atoms with Crippen LogP contribution < -0.4 is 20.5 Å². The molecule has 1 fully saturated rings. The van der Waals surface area contributed by atoms with E-state index in [4.69, 9.17) is 16.3 Å². The molecule has 1 N–H and O–H groups in total. The average molecular weight is 422 g/mol. The highest BCUT2D eigenvalue weighted by molar-refractivity contribution is 6.30. The molecule has 2 aliphatic heterocycles. The van der Waals surface area contributed by atoms with Crippen molar-refractivity contribution < 1.29 is 4.74 Å². The van der Waals surface area contributed by atoms with Crippen molar-refractivity contribution in [1.82, 2.24) is 9.88 Å². The van der Waals surface area contributed by atoms with Gasteiger partial charge in [-0.3, -0.25) is 9.36 Å². The molecule has 0 bridgehead atoms. The molecule has 3 heterocycles. The van der Waals surface area contributed by atoms with Crippen LogP contribution in [0.4, 0.5) is 5.69 Å². The molecule has 2 aromatic carbocycles. The molecule has 2 aliphatic rings. The van der Waals surface area contributed by atoms with Gasteiger partial charge in [0.25, 0.3) is 5.56 Å². The van der Waals surface area contributed by atoms with Crippen molar-refractivity contribution in [3.8, 4) is 11.4 Å². The maximum Gasteiger partial charge on any atom is 0.258 e. The number of benzene rings is 2. The number of pyridine rings is 1. The number of nitrogens with one attached hydrogen (secondary N) is 1. The smallest absolute Gasteiger partial charge is 0.258 e. The van der Waals surface area contributed by atoms with Crippen molar-refractivity contribution in [2.75, 3.05) is 25.0 Å². The summed E-state index contributed by atoms with van der Waals surface area (Å²) in [5, 5.41) is 4.19. The molecule has 5 nitrogen and oxygen atoms in total. The van der Waals surface area contributed by atoms with Crippen LogP contribution in [-0.2, 0) is 6.61 Å². The van der Waals surface area contributed by atoms with Crippen molar-refractivity contribution in [2.45, 2.75) is 25.0 Å². The van der Waals surface area contributed by atoms with E-state index in [-0.39, 0.29) is 5.56 Å². The lowest BCUT2D eigenvalue weighted by Gasteiger charge is -2.31. The van der Waals surface area contributed by atoms with Crippen LogP contribution in [0.25, 0.3) is 5.69 Å². The summed E-state index contributed by atoms with van der Waals surface area (Å²) >= 11 is 5.91. The highest BCUT2D eigenvalue weighted by atomic mass is 35.5. The van der Waals surface area contributed by atoms with Gasteiger partial charge in [-0.25, -0.2) is 0 Å². The van der Waals surface area contributed by atoms with Gasteiger partial charge in [0.1, 0.15) is 12.4 Å². The van der Waals surface area contributed by atoms with E-state index in [0.29, 0.717) is 29.3 Å². The SMILES string of the molecule is CN1c2cc(-n3ccc(OCc4ccc(Cl)cc4)cc3=O)ccc2C2CNCCC21. The van der Waals surface area contributed by atoms with Crippen molar-refractivity contribution in [2.24, 2.45) is 0 Å². The summed E-state index contributed by atoms with van der Waals surface area (Å²) in [5.41, 5.74) is 4.36. The summed E-state index contributed by atoms with van der Waals surface area (Å²) in [6.45, 7) is 2.46. The third-order valence-electron chi connectivity index (χ3n) is 6.22. The number of nitrogens with zero attached hydrogens (tertiary/aromatic N) is 2. The molecule has 30 heavy (non-hydrogen) atoms. The van der Waals surface area contributed by atoms with Crippen molar-refractivity contribution in [1.29, 1.82) is 0 Å². The first-order chi connectivity index (χ1) is 14.6. The molecule has 5 rings (SSSR count). The number of aromatic nitrogens is 1. The summed E-state index contributed by atoms with van der Waals surface area (Å²) in [4.78, 5) is 15.1. The average Bonchev–Trinajstić information content (AvgIpc) is 3.05. The standard InChI is InChI=1S/C24H24ClN3O2/c1-27-22-8-10-26-14-21(22)20-7-6-18(12-23(20)27)28-11-9-19(13-24(28)29)30-15-16-2-4-17(25)5-3-16/h2-7,9,11-13,21-22,26H,8,10,14-15H2,1H3. The number of rotatable bonds is 4. The van der Waals surface area contributed by atoms with Gasteiger partial charge < -0.3 is 15.0 Å². The Hall–Kier alpha value is -2.76. The van der Waals surface area contributed by atoms with Crippen LogP contribution in [0, 0.1) is 0 Å². The second-order valence-electron chi connectivity index (χ2n) is 8.01. The number of likely N-dealkylation sites (N-methyl/N-ethyl adjacent to an activating group) is 1. The molecular weight excluding hydrogens is 398 g/mol. The molecule has 0 saturated carbocycles. The van der Waals surface area contributed by atoms with Crippen molar-refractivity contribution >= 4 is 17.3 Å². The number of fused-ring (bicyclic) bond motifs is 3. The van der Waals surface area contributed by atoms with Crippen LogP contribution in [-0.4, -0.2) is 30.7 Å². The number of anilines is 1. The van der Waals surface area contributed by atoms with Crippen LogP contribution in [0.1, 0.15) is 23.5 Å². The molecule has 2 atom stereocenters. The first-order valence-electron chi connectivity index (χ1n) is 10.3. The predicted molar refractivity (Wildman–Crippen MR) is 120 cm³/mol. The maximum atomic E-state index is 12.8. The largest absolute Gasteiger partial charge is 0.489 e. The maximum absolute atomic E-state index is 12.8. The Labute approximate surface area is 180 Å². The van der Waals surface area contributed by atoms with Crippen molar-refractivity contribution in [3.63, 3.8) is 0 Å². The fourth-order valence-corrected chi connectivity index (χ4v) is 4.74. The lowest BCUT2D eigenvalue weighted by molar-refractivity contribution is 0.305. The fourth-order valence-electron chi connectivity index (χ4n) is 4.62. The van der Waals surface area contributed by atoms with E-state index in [1.54, 1.807) is 10.8 Å². The Balaban J connectivity index is 1.37. The van der Waals surface area contributed by atoms with E-state index in [1.165, 1.54) is 17.3 Å². The first kappa shape index (κ1) is 19.2. The van der Waals surface area contributed by atoms with E-state index in [9.17, 15) is 4.79 Å². The Kier molecular flexibility index (Phi) is 5.01. The van der Waals surface area contributed by atoms with Crippen LogP contribution >= 0.6 is 11.6 Å². The van der Waals surface area contributed by atoms with Gasteiger partial charge in [0.2, 0.25) is 0 Å². The predicted octanol–water partition coefficient (Wildman–Crippen LogP) is 3.97. The minimum Gasteiger partial charge on any atom is -0.489 e. The molecular formula is C24H24ClN3O2. The number of piperidine rings is 1. The highest BCUT2D eigenvalue weighted by Gasteiger charge is 2.37. The molecule has 0 spiro atoms. The second kappa shape index (κ2) is 7.82. The van der Waals surface area contributed by atoms with Gasteiger partial charge in [0.15, 0.2) is 0 Å². The van der Waals surface area contributed by atoms with Gasteiger partial charge in [-0.15, -0.1) is 0 Å². The second-order valence-corrected chi connectivity index (χ2v) is 8.44. The fraction of sp³-hybridized carbons (Fsp3) is 0.292. The molecule has 0 radical (unpaired) electrons. The lowest BCUT2D eigenvalue weighted by Crippen LogP contribution is -2.42. The van der Waals surface area contributed by atoms with E-state index >= 15 is 0 Å². The van der Waals surface area contributed by atoms with Gasteiger partial charge in [-0.05, 0) is 54.4 Å². The van der Waals surface area contributed by atoms with Crippen LogP contribution in [0.15, 0.2) is 65.6 Å². The quantitative estimate of drug-likeness (QED) is 0.692. The molecule has 1 aromatic heterocycles. The minimum absolute atomic E-state index is 0.108. The van der Waals surface area contributed by atoms with E-state index in [0.717, 1.165) is 30.8 Å². The van der Waals surface area contributed by atoms with Gasteiger partial charge >= 0.3 is 0 Å². The summed E-state index contributed by atoms with van der Waals surface area (Å²) in [6, 6.07) is 17.7. The summed E-state index contributed by atoms with van der Waals surface area (Å²) in [6.07, 6.45) is 2.93. The number of hydrogen-bond donors (Lipinski definition) is 1. The summed E-state index contributed by atoms with van der Waals surface area (Å²) in [5.74, 6) is 1.08. The Bertz CT molecular complexity index is 1130. The summed E-state index contributed by atoms with van der Waals surface area (Å²) < 4.78 is 7.46. The number of hydrogen-bond acceptors (Lipinski definition) is 4. The molecule has 2 unspecified atom stereocenters. The van der Waals surface area contributed by atoms with Gasteiger partial charge in [-0.2, -0.15) is 0 Å². The Morgan fingerprint density at radius 2 is 1.97 bits per heavy atom. The van der Waals surface area contributed by atoms with E-state index < -0.39 is 0 Å². The van der Waals surface area contributed by atoms with Gasteiger partial charge in [0, 0.05) is 48.5 Å². The zero-order valence-corrected chi connectivity index (χ0v) is 17.6. The normalized spacial score (nSPS) is 20.0. The highest BCUT2D eigenvalue weighted by Crippen LogP contribution is 2.42. The topological polar surface area (TPSA) is 46.5 Å². The minimum atomic E-state index is -0.108. The Morgan fingerprint density at radius 3 is 2.77 bits per heavy atom. The lowest BCUT2D eigenvalue weighted by atomic mass is 9.90. The monoisotopic (exact) mass is 421 g/mol. The van der Waals surface area contributed by atoms with E-state index in [1.807, 2.05) is 36.4 Å². The first-order valence-corrected chi connectivity index (χ1v) is 10.7. The zero-order valence-electron chi connectivity index (χ0n) is 16.8. The number of halogens is 1. The molecule has 0 amide bonds. The molecule has 0 aliphatic carbocycles. The van der Waals surface area contributed by atoms with Crippen LogP contribution in [0.2, 0.25) is 5.02 Å². The van der Waals surface area contributed by atoms with Gasteiger partial charge in [0.05, 0.1) is 5.69 Å². The van der Waals surface area contributed by atoms with Crippen LogP contribution in [0.5, 0.6) is 5.75 Å². The number of ether oxygens (including phenoxy) is 1. The molecule has 3 aromatic rings. The molecule has 1 saturated heterocycles. The van der Waals surface area contributed by atoms with Crippen LogP contribution in [0.3, 0.4) is 0 Å². The Morgan fingerprint density at radius 1 is 1.13 bits per heavy atom. The third kappa shape index (κ3) is 3.48. The zero-order chi connectivity index (χ0) is 20.7.